The highest BCUT2D eigenvalue weighted by Gasteiger charge is 2.02. The summed E-state index contributed by atoms with van der Waals surface area (Å²) in [6.07, 6.45) is 0. The molecule has 0 aliphatic carbocycles. The molecule has 0 saturated heterocycles. The Labute approximate surface area is 108 Å². The molecule has 0 saturated carbocycles. The average molecular weight is 298 g/mol. The monoisotopic (exact) mass is 296 g/mol. The fourth-order valence-electron chi connectivity index (χ4n) is 1.52. The molecule has 2 rings (SSSR count). The van der Waals surface area contributed by atoms with Gasteiger partial charge in [0.05, 0.1) is 7.11 Å². The maximum absolute atomic E-state index is 6.01. The molecule has 0 aliphatic heterocycles. The van der Waals surface area contributed by atoms with E-state index < -0.39 is 0 Å². The lowest BCUT2D eigenvalue weighted by Gasteiger charge is -2.06. The zero-order valence-corrected chi connectivity index (χ0v) is 11.0. The standard InChI is InChI=1S/C13H10BrClO/c1-16-13-4-2-3-9(7-13)10-5-11(14)8-12(15)6-10/h2-8H,1H3. The SMILES string of the molecule is COc1cccc(-c2cc(Cl)cc(Br)c2)c1. The quantitative estimate of drug-likeness (QED) is 0.775. The Morgan fingerprint density at radius 2 is 1.88 bits per heavy atom. The van der Waals surface area contributed by atoms with Crippen LogP contribution in [0.3, 0.4) is 0 Å². The Morgan fingerprint density at radius 1 is 1.06 bits per heavy atom. The minimum atomic E-state index is 0.715. The lowest BCUT2D eigenvalue weighted by atomic mass is 10.1. The van der Waals surface area contributed by atoms with Gasteiger partial charge < -0.3 is 4.74 Å². The van der Waals surface area contributed by atoms with E-state index in [9.17, 15) is 0 Å². The Morgan fingerprint density at radius 3 is 2.56 bits per heavy atom. The maximum Gasteiger partial charge on any atom is 0.119 e. The summed E-state index contributed by atoms with van der Waals surface area (Å²) < 4.78 is 6.16. The zero-order chi connectivity index (χ0) is 11.5. The van der Waals surface area contributed by atoms with Crippen molar-refractivity contribution in [2.45, 2.75) is 0 Å². The highest BCUT2D eigenvalue weighted by Crippen LogP contribution is 2.29. The molecule has 16 heavy (non-hydrogen) atoms. The largest absolute Gasteiger partial charge is 0.497 e. The third-order valence-electron chi connectivity index (χ3n) is 2.27. The van der Waals surface area contributed by atoms with E-state index in [-0.39, 0.29) is 0 Å². The lowest BCUT2D eigenvalue weighted by Crippen LogP contribution is -1.84. The van der Waals surface area contributed by atoms with Gasteiger partial charge in [0.15, 0.2) is 0 Å². The van der Waals surface area contributed by atoms with Crippen LogP contribution >= 0.6 is 27.5 Å². The van der Waals surface area contributed by atoms with Crippen molar-refractivity contribution in [2.24, 2.45) is 0 Å². The van der Waals surface area contributed by atoms with Crippen molar-refractivity contribution in [1.29, 1.82) is 0 Å². The molecule has 0 amide bonds. The Bertz CT molecular complexity index is 491. The van der Waals surface area contributed by atoms with Gasteiger partial charge in [-0.2, -0.15) is 0 Å². The smallest absolute Gasteiger partial charge is 0.119 e. The number of hydrogen-bond acceptors (Lipinski definition) is 1. The summed E-state index contributed by atoms with van der Waals surface area (Å²) in [4.78, 5) is 0. The van der Waals surface area contributed by atoms with Crippen LogP contribution in [0.1, 0.15) is 0 Å². The number of ether oxygens (including phenoxy) is 1. The van der Waals surface area contributed by atoms with E-state index in [2.05, 4.69) is 15.9 Å². The number of methoxy groups -OCH3 is 1. The summed E-state index contributed by atoms with van der Waals surface area (Å²) in [5, 5.41) is 0.715. The van der Waals surface area contributed by atoms with Gasteiger partial charge in [-0.25, -0.2) is 0 Å². The Kier molecular flexibility index (Phi) is 3.52. The molecule has 0 fully saturated rings. The molecule has 3 heteroatoms. The maximum atomic E-state index is 6.01. The summed E-state index contributed by atoms with van der Waals surface area (Å²) in [5.74, 6) is 0.841. The van der Waals surface area contributed by atoms with Crippen molar-refractivity contribution < 1.29 is 4.74 Å². The van der Waals surface area contributed by atoms with Crippen molar-refractivity contribution in [1.82, 2.24) is 0 Å². The molecule has 0 N–H and O–H groups in total. The van der Waals surface area contributed by atoms with Crippen LogP contribution in [0.4, 0.5) is 0 Å². The van der Waals surface area contributed by atoms with E-state index in [1.807, 2.05) is 42.5 Å². The van der Waals surface area contributed by atoms with Crippen molar-refractivity contribution in [2.75, 3.05) is 7.11 Å². The van der Waals surface area contributed by atoms with Gasteiger partial charge in [0.2, 0.25) is 0 Å². The van der Waals surface area contributed by atoms with Crippen LogP contribution in [0, 0.1) is 0 Å². The summed E-state index contributed by atoms with van der Waals surface area (Å²) >= 11 is 9.44. The minimum Gasteiger partial charge on any atom is -0.497 e. The predicted octanol–water partition coefficient (Wildman–Crippen LogP) is 4.78. The normalized spacial score (nSPS) is 10.2. The Hall–Kier alpha value is -0.990. The fourth-order valence-corrected chi connectivity index (χ4v) is 2.38. The first kappa shape index (κ1) is 11.5. The summed E-state index contributed by atoms with van der Waals surface area (Å²) in [6, 6.07) is 13.7. The van der Waals surface area contributed by atoms with Gasteiger partial charge in [-0.3, -0.25) is 0 Å². The van der Waals surface area contributed by atoms with E-state index in [1.165, 1.54) is 0 Å². The van der Waals surface area contributed by atoms with E-state index in [0.29, 0.717) is 5.02 Å². The van der Waals surface area contributed by atoms with Crippen LogP contribution in [0.5, 0.6) is 5.75 Å². The van der Waals surface area contributed by atoms with Gasteiger partial charge >= 0.3 is 0 Å². The van der Waals surface area contributed by atoms with Gasteiger partial charge in [0.1, 0.15) is 5.75 Å². The predicted molar refractivity (Wildman–Crippen MR) is 71.1 cm³/mol. The van der Waals surface area contributed by atoms with E-state index in [4.69, 9.17) is 16.3 Å². The van der Waals surface area contributed by atoms with Gasteiger partial charge in [-0.05, 0) is 41.5 Å². The number of halogens is 2. The molecule has 0 spiro atoms. The van der Waals surface area contributed by atoms with E-state index in [1.54, 1.807) is 7.11 Å². The first-order chi connectivity index (χ1) is 7.69. The van der Waals surface area contributed by atoms with Crippen LogP contribution in [0.15, 0.2) is 46.9 Å². The minimum absolute atomic E-state index is 0.715. The lowest BCUT2D eigenvalue weighted by molar-refractivity contribution is 0.415. The second-order valence-electron chi connectivity index (χ2n) is 3.39. The molecule has 2 aromatic carbocycles. The molecule has 0 heterocycles. The van der Waals surface area contributed by atoms with E-state index >= 15 is 0 Å². The summed E-state index contributed by atoms with van der Waals surface area (Å²) in [5.41, 5.74) is 2.15. The fraction of sp³-hybridized carbons (Fsp3) is 0.0769. The first-order valence-corrected chi connectivity index (χ1v) is 5.96. The van der Waals surface area contributed by atoms with Crippen LogP contribution in [0.25, 0.3) is 11.1 Å². The summed E-state index contributed by atoms with van der Waals surface area (Å²) in [6.45, 7) is 0. The molecule has 1 nitrogen and oxygen atoms in total. The molecular weight excluding hydrogens is 287 g/mol. The van der Waals surface area contributed by atoms with Crippen molar-refractivity contribution in [3.05, 3.63) is 52.0 Å². The van der Waals surface area contributed by atoms with Gasteiger partial charge in [-0.15, -0.1) is 0 Å². The van der Waals surface area contributed by atoms with Gasteiger partial charge in [0.25, 0.3) is 0 Å². The van der Waals surface area contributed by atoms with Crippen LogP contribution < -0.4 is 4.74 Å². The van der Waals surface area contributed by atoms with Crippen LogP contribution in [-0.2, 0) is 0 Å². The molecule has 0 aliphatic rings. The number of benzene rings is 2. The third-order valence-corrected chi connectivity index (χ3v) is 2.94. The highest BCUT2D eigenvalue weighted by molar-refractivity contribution is 9.10. The van der Waals surface area contributed by atoms with Gasteiger partial charge in [0, 0.05) is 9.50 Å². The first-order valence-electron chi connectivity index (χ1n) is 4.79. The molecule has 82 valence electrons. The molecule has 0 atom stereocenters. The molecule has 2 aromatic rings. The van der Waals surface area contributed by atoms with Crippen molar-refractivity contribution >= 4 is 27.5 Å². The summed E-state index contributed by atoms with van der Waals surface area (Å²) in [7, 11) is 1.66. The second kappa shape index (κ2) is 4.89. The molecule has 0 aromatic heterocycles. The van der Waals surface area contributed by atoms with Gasteiger partial charge in [-0.1, -0.05) is 39.7 Å². The van der Waals surface area contributed by atoms with Crippen molar-refractivity contribution in [3.8, 4) is 16.9 Å². The van der Waals surface area contributed by atoms with Crippen LogP contribution in [-0.4, -0.2) is 7.11 Å². The third kappa shape index (κ3) is 2.57. The molecule has 0 bridgehead atoms. The second-order valence-corrected chi connectivity index (χ2v) is 4.74. The number of rotatable bonds is 2. The topological polar surface area (TPSA) is 9.23 Å². The molecule has 0 radical (unpaired) electrons. The van der Waals surface area contributed by atoms with Crippen LogP contribution in [0.2, 0.25) is 5.02 Å². The van der Waals surface area contributed by atoms with E-state index in [0.717, 1.165) is 21.3 Å². The molecular formula is C13H10BrClO. The Balaban J connectivity index is 2.49. The highest BCUT2D eigenvalue weighted by atomic mass is 79.9. The number of hydrogen-bond donors (Lipinski definition) is 0. The molecule has 0 unspecified atom stereocenters. The van der Waals surface area contributed by atoms with Crippen molar-refractivity contribution in [3.63, 3.8) is 0 Å². The average Bonchev–Trinajstić information content (AvgIpc) is 2.28. The zero-order valence-electron chi connectivity index (χ0n) is 8.71.